The van der Waals surface area contributed by atoms with Crippen LogP contribution in [0.25, 0.3) is 0 Å². The zero-order valence-electron chi connectivity index (χ0n) is 58.0. The second-order valence-corrected chi connectivity index (χ2v) is 28.0. The van der Waals surface area contributed by atoms with Crippen molar-refractivity contribution in [3.63, 3.8) is 0 Å². The highest BCUT2D eigenvalue weighted by Crippen LogP contribution is 2.29. The van der Waals surface area contributed by atoms with Gasteiger partial charge in [0, 0.05) is 73.4 Å². The second-order valence-electron chi connectivity index (χ2n) is 26.8. The van der Waals surface area contributed by atoms with Gasteiger partial charge in [0.05, 0.1) is 6.10 Å². The largest absolute Gasteiger partial charge is 0.390 e. The smallest absolute Gasteiger partial charge is 0.246 e. The van der Waals surface area contributed by atoms with E-state index in [2.05, 4.69) is 16.0 Å². The lowest BCUT2D eigenvalue weighted by Gasteiger charge is -2.41. The first-order valence-electron chi connectivity index (χ1n) is 32.0. The molecule has 24 nitrogen and oxygen atoms in total. The average molecular weight is 1280 g/mol. The molecule has 2 aliphatic heterocycles. The number of aliphatic hydroxyl groups is 1. The monoisotopic (exact) mass is 1270 g/mol. The summed E-state index contributed by atoms with van der Waals surface area (Å²) in [7, 11) is 10.1. The number of likely N-dealkylation sites (N-methyl/N-ethyl adjacent to an activating group) is 7. The maximum absolute atomic E-state index is 15.3. The molecule has 0 spiro atoms. The predicted octanol–water partition coefficient (Wildman–Crippen LogP) is 2.79. The fourth-order valence-corrected chi connectivity index (χ4v) is 12.9. The van der Waals surface area contributed by atoms with Crippen molar-refractivity contribution in [2.45, 2.75) is 228 Å². The van der Waals surface area contributed by atoms with E-state index in [9.17, 15) is 33.9 Å². The number of thioether (sulfide) groups is 1. The SMILES string of the molecule is C/C=C/C[C@@H](C)[C@@H](O)[C@@H]1C(=O)N[C@H](CC)C(=O)N(C)[C@H](CSCCN)C(=O)N(C)[C@@H](CC(C)C)C(=O)N[C@H](C(C)C)C(=O)N(C)[C@@H]2CC(C)N(C2=O)[C@H](C)C(=O)N[C@@H](C)C(=O)N(C)[C@H](CC(C)C)C(=O)N(C)[C@H](CC(C)C)C(=O)N(C)[C@H](C(C)C)C(=O)N1C. The molecule has 6 N–H and O–H groups in total. The van der Waals surface area contributed by atoms with E-state index >= 15 is 24.0 Å². The highest BCUT2D eigenvalue weighted by molar-refractivity contribution is 7.99. The van der Waals surface area contributed by atoms with Crippen molar-refractivity contribution in [3.8, 4) is 0 Å². The number of aliphatic hydroxyl groups excluding tert-OH is 1. The summed E-state index contributed by atoms with van der Waals surface area (Å²) in [5, 5.41) is 20.7. The summed E-state index contributed by atoms with van der Waals surface area (Å²) >= 11 is 1.30. The van der Waals surface area contributed by atoms with E-state index in [1.165, 1.54) is 109 Å². The highest BCUT2D eigenvalue weighted by Gasteiger charge is 2.49. The maximum Gasteiger partial charge on any atom is 0.246 e. The standard InChI is InChI=1S/C64H114N12O12S/c1-24-26-27-40(13)53(77)52-56(80)67-44(25-2)58(82)73(21)49(34-89-29-28-65)61(85)69(17)45(30-35(3)4)55(79)68-50(38(9)10)63(87)72(20)48-33-41(14)76(62(48)86)43(16)54(78)66-42(15)57(81)70(18)46(31-36(5)6)59(83)71(19)47(32-37(7)8)60(84)74(22)51(39(11)12)64(88)75(52)23/h24,26,35-53,77H,25,27-34,65H2,1-23H3,(H,66,78)(H,67,80)(H,68,79)/b26-24+/t40-,41?,42+,43-,44-,45+,46-,47-,48-,49-,50-,51-,52-,53-/m1/s1. The van der Waals surface area contributed by atoms with Gasteiger partial charge in [0.25, 0.3) is 0 Å². The lowest BCUT2D eigenvalue weighted by Crippen LogP contribution is -2.64. The molecule has 25 heteroatoms. The Labute approximate surface area is 536 Å². The summed E-state index contributed by atoms with van der Waals surface area (Å²) < 4.78 is 0. The topological polar surface area (TPSA) is 296 Å². The number of carbonyl (C=O) groups is 11. The van der Waals surface area contributed by atoms with Gasteiger partial charge in [-0.15, -0.1) is 0 Å². The minimum atomic E-state index is -1.63. The number of nitrogens with zero attached hydrogens (tertiary/aromatic N) is 8. The number of nitrogens with one attached hydrogen (secondary N) is 3. The van der Waals surface area contributed by atoms with Crippen molar-refractivity contribution in [1.82, 2.24) is 55.1 Å². The van der Waals surface area contributed by atoms with Crippen LogP contribution in [0.15, 0.2) is 12.2 Å². The van der Waals surface area contributed by atoms with Crippen molar-refractivity contribution in [1.29, 1.82) is 0 Å². The summed E-state index contributed by atoms with van der Waals surface area (Å²) in [4.78, 5) is 173. The van der Waals surface area contributed by atoms with Gasteiger partial charge in [-0.25, -0.2) is 0 Å². The Hall–Kier alpha value is -5.82. The summed E-state index contributed by atoms with van der Waals surface area (Å²) in [5.41, 5.74) is 5.91. The van der Waals surface area contributed by atoms with Gasteiger partial charge in [-0.3, -0.25) is 52.7 Å². The first-order chi connectivity index (χ1) is 41.3. The van der Waals surface area contributed by atoms with Crippen molar-refractivity contribution in [2.24, 2.45) is 41.2 Å². The molecule has 2 fully saturated rings. The minimum absolute atomic E-state index is 0.00142. The van der Waals surface area contributed by atoms with E-state index < -0.39 is 161 Å². The van der Waals surface area contributed by atoms with Crippen LogP contribution < -0.4 is 21.7 Å². The van der Waals surface area contributed by atoms with Gasteiger partial charge < -0.3 is 66.0 Å². The van der Waals surface area contributed by atoms with Crippen LogP contribution in [0, 0.1) is 35.5 Å². The van der Waals surface area contributed by atoms with Crippen molar-refractivity contribution >= 4 is 76.7 Å². The van der Waals surface area contributed by atoms with E-state index in [4.69, 9.17) is 5.73 Å². The maximum atomic E-state index is 15.3. The third-order valence-corrected chi connectivity index (χ3v) is 18.6. The molecule has 0 saturated carbocycles. The third kappa shape index (κ3) is 20.3. The average Bonchev–Trinajstić information content (AvgIpc) is 1.84. The molecular weight excluding hydrogens is 1160 g/mol. The number of carbonyl (C=O) groups excluding carboxylic acids is 11. The van der Waals surface area contributed by atoms with Crippen LogP contribution in [0.1, 0.15) is 149 Å². The van der Waals surface area contributed by atoms with E-state index in [0.29, 0.717) is 12.2 Å². The van der Waals surface area contributed by atoms with Gasteiger partial charge in [0.1, 0.15) is 66.5 Å². The second kappa shape index (κ2) is 35.7. The van der Waals surface area contributed by atoms with Crippen molar-refractivity contribution in [2.75, 3.05) is 67.4 Å². The molecule has 2 saturated heterocycles. The van der Waals surface area contributed by atoms with Crippen LogP contribution in [-0.4, -0.2) is 255 Å². The molecule has 2 aliphatic rings. The lowest BCUT2D eigenvalue weighted by molar-refractivity contribution is -0.157. The summed E-state index contributed by atoms with van der Waals surface area (Å²) in [5.74, 6) is -8.95. The Morgan fingerprint density at radius 1 is 0.539 bits per heavy atom. The Kier molecular flexibility index (Phi) is 31.8. The van der Waals surface area contributed by atoms with Gasteiger partial charge in [0.15, 0.2) is 0 Å². The van der Waals surface area contributed by atoms with E-state index in [1.807, 2.05) is 47.6 Å². The van der Waals surface area contributed by atoms with Crippen LogP contribution in [0.4, 0.5) is 0 Å². The molecule has 89 heavy (non-hydrogen) atoms. The van der Waals surface area contributed by atoms with Crippen LogP contribution in [0.3, 0.4) is 0 Å². The molecule has 0 aromatic heterocycles. The lowest BCUT2D eigenvalue weighted by atomic mass is 9.91. The van der Waals surface area contributed by atoms with Gasteiger partial charge in [-0.05, 0) is 102 Å². The van der Waals surface area contributed by atoms with Gasteiger partial charge >= 0.3 is 0 Å². The molecule has 0 aliphatic carbocycles. The molecule has 508 valence electrons. The molecule has 11 amide bonds. The normalized spacial score (nSPS) is 28.4. The van der Waals surface area contributed by atoms with Crippen molar-refractivity contribution in [3.05, 3.63) is 12.2 Å². The van der Waals surface area contributed by atoms with Gasteiger partial charge in [-0.2, -0.15) is 11.8 Å². The molecule has 0 aromatic carbocycles. The number of hydrogen-bond donors (Lipinski definition) is 5. The first-order valence-corrected chi connectivity index (χ1v) is 33.1. The quantitative estimate of drug-likeness (QED) is 0.103. The number of nitrogens with two attached hydrogens (primary N) is 1. The molecular formula is C64H114N12O12S. The summed E-state index contributed by atoms with van der Waals surface area (Å²) in [6.07, 6.45) is 2.95. The molecule has 14 atom stereocenters. The summed E-state index contributed by atoms with van der Waals surface area (Å²) in [6.45, 7) is 28.4. The molecule has 2 bridgehead atoms. The van der Waals surface area contributed by atoms with E-state index in [-0.39, 0.29) is 62.2 Å². The molecule has 2 rings (SSSR count). The van der Waals surface area contributed by atoms with Crippen LogP contribution in [0.2, 0.25) is 0 Å². The summed E-state index contributed by atoms with van der Waals surface area (Å²) in [6, 6.07) is -14.0. The highest BCUT2D eigenvalue weighted by atomic mass is 32.2. The zero-order valence-corrected chi connectivity index (χ0v) is 58.8. The Balaban J connectivity index is 3.06. The number of fused-ring (bicyclic) bond motifs is 2. The number of rotatable bonds is 17. The Morgan fingerprint density at radius 2 is 1.01 bits per heavy atom. The fraction of sp³-hybridized carbons (Fsp3) is 0.797. The van der Waals surface area contributed by atoms with Gasteiger partial charge in [0.2, 0.25) is 65.0 Å². The first kappa shape index (κ1) is 79.3. The minimum Gasteiger partial charge on any atom is -0.390 e. The van der Waals surface area contributed by atoms with Gasteiger partial charge in [-0.1, -0.05) is 95.2 Å². The number of hydrogen-bond acceptors (Lipinski definition) is 14. The fourth-order valence-electron chi connectivity index (χ4n) is 11.9. The van der Waals surface area contributed by atoms with Crippen LogP contribution in [-0.2, 0) is 52.7 Å². The number of allylic oxidation sites excluding steroid dienone is 2. The Morgan fingerprint density at radius 3 is 1.49 bits per heavy atom. The molecule has 0 aromatic rings. The van der Waals surface area contributed by atoms with E-state index in [0.717, 1.165) is 4.90 Å². The predicted molar refractivity (Wildman–Crippen MR) is 347 cm³/mol. The molecule has 0 radical (unpaired) electrons. The van der Waals surface area contributed by atoms with Crippen LogP contribution >= 0.6 is 11.8 Å². The zero-order chi connectivity index (χ0) is 68.5. The van der Waals surface area contributed by atoms with Crippen molar-refractivity contribution < 1.29 is 57.8 Å². The van der Waals surface area contributed by atoms with E-state index in [1.54, 1.807) is 61.5 Å². The molecule has 1 unspecified atom stereocenters. The Bertz CT molecular complexity index is 2480. The number of amides is 11. The molecule has 2 heterocycles. The third-order valence-electron chi connectivity index (χ3n) is 17.5. The van der Waals surface area contributed by atoms with Crippen LogP contribution in [0.5, 0.6) is 0 Å².